The number of aliphatic hydroxyl groups excluding tert-OH is 1. The normalized spacial score (nSPS) is 21.1. The van der Waals surface area contributed by atoms with Gasteiger partial charge < -0.3 is 5.11 Å². The molecule has 1 aromatic carbocycles. The minimum atomic E-state index is -1.53. The number of hydrogen-bond acceptors (Lipinski definition) is 3. The maximum absolute atomic E-state index is 13.4. The van der Waals surface area contributed by atoms with Gasteiger partial charge in [0.1, 0.15) is 5.82 Å². The Morgan fingerprint density at radius 2 is 1.95 bits per heavy atom. The standard InChI is InChI=1S/C14H12F3N3O/c1-2-11-18-14-12(10(21)3-4-20(14)19-11)7-5-8(15)13(17)9(16)6-7/h2,5-6,10,12,21H,1,3-4H2/t10-,12-/m1/s1. The highest BCUT2D eigenvalue weighted by Crippen LogP contribution is 2.33. The summed E-state index contributed by atoms with van der Waals surface area (Å²) < 4.78 is 41.5. The molecule has 110 valence electrons. The van der Waals surface area contributed by atoms with E-state index in [2.05, 4.69) is 16.7 Å². The third-order valence-electron chi connectivity index (χ3n) is 3.56. The number of hydrogen-bond donors (Lipinski definition) is 1. The van der Waals surface area contributed by atoms with E-state index in [0.29, 0.717) is 24.6 Å². The topological polar surface area (TPSA) is 50.9 Å². The molecule has 0 spiro atoms. The quantitative estimate of drug-likeness (QED) is 0.864. The molecule has 0 saturated heterocycles. The molecule has 21 heavy (non-hydrogen) atoms. The van der Waals surface area contributed by atoms with Gasteiger partial charge in [0, 0.05) is 6.54 Å². The molecule has 3 rings (SSSR count). The molecule has 1 aliphatic heterocycles. The van der Waals surface area contributed by atoms with Crippen molar-refractivity contribution in [3.05, 3.63) is 53.4 Å². The summed E-state index contributed by atoms with van der Waals surface area (Å²) in [5.74, 6) is -4.13. The van der Waals surface area contributed by atoms with Crippen LogP contribution in [0.15, 0.2) is 18.7 Å². The van der Waals surface area contributed by atoms with Gasteiger partial charge in [-0.15, -0.1) is 0 Å². The van der Waals surface area contributed by atoms with E-state index in [1.54, 1.807) is 4.68 Å². The summed E-state index contributed by atoms with van der Waals surface area (Å²) in [6, 6.07) is 1.76. The van der Waals surface area contributed by atoms with Gasteiger partial charge in [0.25, 0.3) is 0 Å². The van der Waals surface area contributed by atoms with E-state index in [4.69, 9.17) is 0 Å². The zero-order chi connectivity index (χ0) is 15.1. The predicted octanol–water partition coefficient (Wildman–Crippen LogP) is 2.23. The first kappa shape index (κ1) is 13.8. The van der Waals surface area contributed by atoms with Crippen LogP contribution in [0.25, 0.3) is 6.08 Å². The minimum Gasteiger partial charge on any atom is -0.392 e. The number of halogens is 3. The van der Waals surface area contributed by atoms with Crippen LogP contribution in [0.3, 0.4) is 0 Å². The lowest BCUT2D eigenvalue weighted by molar-refractivity contribution is 0.118. The summed E-state index contributed by atoms with van der Waals surface area (Å²) in [6.07, 6.45) is 0.933. The summed E-state index contributed by atoms with van der Waals surface area (Å²) in [6.45, 7) is 4.01. The summed E-state index contributed by atoms with van der Waals surface area (Å²) >= 11 is 0. The number of aryl methyl sites for hydroxylation is 1. The third kappa shape index (κ3) is 2.23. The summed E-state index contributed by atoms with van der Waals surface area (Å²) in [4.78, 5) is 4.19. The molecule has 0 fully saturated rings. The Morgan fingerprint density at radius 3 is 2.57 bits per heavy atom. The highest BCUT2D eigenvalue weighted by Gasteiger charge is 2.33. The molecule has 2 aromatic rings. The van der Waals surface area contributed by atoms with Crippen LogP contribution in [-0.4, -0.2) is 26.0 Å². The smallest absolute Gasteiger partial charge is 0.194 e. The number of benzene rings is 1. The lowest BCUT2D eigenvalue weighted by Crippen LogP contribution is -2.30. The Hall–Kier alpha value is -2.15. The molecule has 0 aliphatic carbocycles. The molecular formula is C14H12F3N3O. The predicted molar refractivity (Wildman–Crippen MR) is 68.9 cm³/mol. The van der Waals surface area contributed by atoms with E-state index in [0.717, 1.165) is 12.1 Å². The van der Waals surface area contributed by atoms with Gasteiger partial charge in [0.2, 0.25) is 0 Å². The molecule has 0 bridgehead atoms. The van der Waals surface area contributed by atoms with Gasteiger partial charge in [-0.25, -0.2) is 22.8 Å². The van der Waals surface area contributed by atoms with Gasteiger partial charge in [-0.1, -0.05) is 6.58 Å². The zero-order valence-corrected chi connectivity index (χ0v) is 10.9. The van der Waals surface area contributed by atoms with Crippen molar-refractivity contribution in [2.24, 2.45) is 0 Å². The molecular weight excluding hydrogens is 283 g/mol. The van der Waals surface area contributed by atoms with Crippen molar-refractivity contribution in [3.63, 3.8) is 0 Å². The Balaban J connectivity index is 2.13. The van der Waals surface area contributed by atoms with Crippen LogP contribution in [0, 0.1) is 17.5 Å². The van der Waals surface area contributed by atoms with Crippen molar-refractivity contribution in [1.29, 1.82) is 0 Å². The molecule has 1 aromatic heterocycles. The van der Waals surface area contributed by atoms with Crippen molar-refractivity contribution < 1.29 is 18.3 Å². The first-order chi connectivity index (χ1) is 10.0. The van der Waals surface area contributed by atoms with E-state index in [1.807, 2.05) is 0 Å². The fourth-order valence-electron chi connectivity index (χ4n) is 2.57. The highest BCUT2D eigenvalue weighted by molar-refractivity contribution is 5.37. The van der Waals surface area contributed by atoms with Crippen molar-refractivity contribution in [2.45, 2.75) is 25.0 Å². The number of nitrogens with zero attached hydrogens (tertiary/aromatic N) is 3. The Labute approximate surface area is 118 Å². The maximum Gasteiger partial charge on any atom is 0.194 e. The molecule has 2 heterocycles. The molecule has 0 amide bonds. The van der Waals surface area contributed by atoms with E-state index >= 15 is 0 Å². The second-order valence-corrected chi connectivity index (χ2v) is 4.89. The van der Waals surface area contributed by atoms with E-state index in [9.17, 15) is 18.3 Å². The Kier molecular flexibility index (Phi) is 3.29. The van der Waals surface area contributed by atoms with Crippen LogP contribution in [0.2, 0.25) is 0 Å². The fraction of sp³-hybridized carbons (Fsp3) is 0.286. The van der Waals surface area contributed by atoms with Crippen LogP contribution >= 0.6 is 0 Å². The van der Waals surface area contributed by atoms with Gasteiger partial charge in [-0.3, -0.25) is 0 Å². The number of fused-ring (bicyclic) bond motifs is 1. The van der Waals surface area contributed by atoms with Crippen molar-refractivity contribution in [1.82, 2.24) is 14.8 Å². The monoisotopic (exact) mass is 295 g/mol. The van der Waals surface area contributed by atoms with Gasteiger partial charge in [0.05, 0.1) is 12.0 Å². The molecule has 0 saturated carbocycles. The molecule has 7 heteroatoms. The van der Waals surface area contributed by atoms with Crippen LogP contribution in [0.1, 0.15) is 29.6 Å². The van der Waals surface area contributed by atoms with Crippen molar-refractivity contribution in [3.8, 4) is 0 Å². The Morgan fingerprint density at radius 1 is 1.29 bits per heavy atom. The lowest BCUT2D eigenvalue weighted by Gasteiger charge is -2.27. The van der Waals surface area contributed by atoms with E-state index in [1.165, 1.54) is 6.08 Å². The van der Waals surface area contributed by atoms with Gasteiger partial charge >= 0.3 is 0 Å². The second kappa shape index (κ2) is 5.00. The summed E-state index contributed by atoms with van der Waals surface area (Å²) in [5.41, 5.74) is 0.128. The van der Waals surface area contributed by atoms with Crippen molar-refractivity contribution >= 4 is 6.08 Å². The van der Waals surface area contributed by atoms with E-state index < -0.39 is 29.5 Å². The first-order valence-corrected chi connectivity index (χ1v) is 6.41. The highest BCUT2D eigenvalue weighted by atomic mass is 19.2. The molecule has 1 N–H and O–H groups in total. The summed E-state index contributed by atoms with van der Waals surface area (Å²) in [7, 11) is 0. The average molecular weight is 295 g/mol. The average Bonchev–Trinajstić information content (AvgIpc) is 2.87. The van der Waals surface area contributed by atoms with Crippen LogP contribution < -0.4 is 0 Å². The van der Waals surface area contributed by atoms with E-state index in [-0.39, 0.29) is 5.56 Å². The summed E-state index contributed by atoms with van der Waals surface area (Å²) in [5, 5.41) is 14.3. The number of rotatable bonds is 2. The first-order valence-electron chi connectivity index (χ1n) is 6.41. The second-order valence-electron chi connectivity index (χ2n) is 4.89. The molecule has 0 radical (unpaired) electrons. The Bertz CT molecular complexity index is 690. The van der Waals surface area contributed by atoms with Gasteiger partial charge in [-0.2, -0.15) is 5.10 Å². The maximum atomic E-state index is 13.4. The van der Waals surface area contributed by atoms with Crippen molar-refractivity contribution in [2.75, 3.05) is 0 Å². The molecule has 0 unspecified atom stereocenters. The molecule has 1 aliphatic rings. The van der Waals surface area contributed by atoms with Crippen LogP contribution in [0.4, 0.5) is 13.2 Å². The zero-order valence-electron chi connectivity index (χ0n) is 10.9. The number of aliphatic hydroxyl groups is 1. The van der Waals surface area contributed by atoms with Gasteiger partial charge in [0.15, 0.2) is 23.3 Å². The fourth-order valence-corrected chi connectivity index (χ4v) is 2.57. The van der Waals surface area contributed by atoms with Crippen LogP contribution in [-0.2, 0) is 6.54 Å². The third-order valence-corrected chi connectivity index (χ3v) is 3.56. The SMILES string of the molecule is C=Cc1nc2n(n1)CC[C@@H](O)[C@H]2c1cc(F)c(F)c(F)c1. The van der Waals surface area contributed by atoms with Gasteiger partial charge in [-0.05, 0) is 30.2 Å². The lowest BCUT2D eigenvalue weighted by atomic mass is 9.88. The minimum absolute atomic E-state index is 0.128. The molecule has 2 atom stereocenters. The number of aromatic nitrogens is 3. The van der Waals surface area contributed by atoms with Crippen LogP contribution in [0.5, 0.6) is 0 Å². The largest absolute Gasteiger partial charge is 0.392 e. The molecule has 4 nitrogen and oxygen atoms in total.